The second kappa shape index (κ2) is 9.31. The third kappa shape index (κ3) is 4.70. The fourth-order valence-corrected chi connectivity index (χ4v) is 3.79. The van der Waals surface area contributed by atoms with Crippen molar-refractivity contribution in [2.24, 2.45) is 0 Å². The van der Waals surface area contributed by atoms with Gasteiger partial charge in [0.25, 0.3) is 0 Å². The SMILES string of the molecule is Fc1ccc(Nc2nc(N3CCOCC3)nc(N3CCN(c4ccccn4)CC3)n2)cc1. The van der Waals surface area contributed by atoms with Crippen LogP contribution < -0.4 is 20.0 Å². The van der Waals surface area contributed by atoms with Crippen LogP contribution in [0.25, 0.3) is 0 Å². The van der Waals surface area contributed by atoms with Gasteiger partial charge in [-0.2, -0.15) is 15.0 Å². The predicted octanol–water partition coefficient (Wildman–Crippen LogP) is 2.31. The average molecular weight is 436 g/mol. The van der Waals surface area contributed by atoms with Gasteiger partial charge in [0.1, 0.15) is 11.6 Å². The molecule has 2 fully saturated rings. The first-order valence-corrected chi connectivity index (χ1v) is 10.8. The summed E-state index contributed by atoms with van der Waals surface area (Å²) in [7, 11) is 0. The van der Waals surface area contributed by atoms with Crippen LogP contribution in [0.15, 0.2) is 48.7 Å². The van der Waals surface area contributed by atoms with Crippen molar-refractivity contribution < 1.29 is 9.13 Å². The Balaban J connectivity index is 1.37. The monoisotopic (exact) mass is 436 g/mol. The molecule has 0 aliphatic carbocycles. The van der Waals surface area contributed by atoms with Crippen molar-refractivity contribution in [2.45, 2.75) is 0 Å². The highest BCUT2D eigenvalue weighted by atomic mass is 19.1. The molecule has 2 saturated heterocycles. The van der Waals surface area contributed by atoms with E-state index in [1.165, 1.54) is 12.1 Å². The Hall–Kier alpha value is -3.53. The largest absolute Gasteiger partial charge is 0.378 e. The molecule has 0 amide bonds. The van der Waals surface area contributed by atoms with Crippen LogP contribution in [0.3, 0.4) is 0 Å². The van der Waals surface area contributed by atoms with Crippen molar-refractivity contribution in [3.63, 3.8) is 0 Å². The lowest BCUT2D eigenvalue weighted by Gasteiger charge is -2.36. The van der Waals surface area contributed by atoms with Crippen LogP contribution >= 0.6 is 0 Å². The first kappa shape index (κ1) is 20.4. The fourth-order valence-electron chi connectivity index (χ4n) is 3.79. The van der Waals surface area contributed by atoms with Crippen LogP contribution in [0, 0.1) is 5.82 Å². The van der Waals surface area contributed by atoms with E-state index in [2.05, 4.69) is 35.0 Å². The lowest BCUT2D eigenvalue weighted by atomic mass is 10.3. The number of piperazine rings is 1. The van der Waals surface area contributed by atoms with Gasteiger partial charge in [-0.05, 0) is 36.4 Å². The summed E-state index contributed by atoms with van der Waals surface area (Å²) < 4.78 is 18.8. The Labute approximate surface area is 185 Å². The van der Waals surface area contributed by atoms with Gasteiger partial charge in [-0.1, -0.05) is 6.07 Å². The molecular formula is C22H25FN8O. The number of nitrogens with zero attached hydrogens (tertiary/aromatic N) is 7. The number of nitrogens with one attached hydrogen (secondary N) is 1. The van der Waals surface area contributed by atoms with Gasteiger partial charge >= 0.3 is 0 Å². The van der Waals surface area contributed by atoms with Crippen molar-refractivity contribution in [3.05, 3.63) is 54.5 Å². The Morgan fingerprint density at radius 1 is 0.750 bits per heavy atom. The number of hydrogen-bond donors (Lipinski definition) is 1. The summed E-state index contributed by atoms with van der Waals surface area (Å²) in [4.78, 5) is 25.1. The molecule has 0 unspecified atom stereocenters. The molecule has 0 saturated carbocycles. The summed E-state index contributed by atoms with van der Waals surface area (Å²) in [6.07, 6.45) is 1.82. The summed E-state index contributed by atoms with van der Waals surface area (Å²) in [5.41, 5.74) is 0.719. The summed E-state index contributed by atoms with van der Waals surface area (Å²) in [6.45, 7) is 5.96. The summed E-state index contributed by atoms with van der Waals surface area (Å²) in [6, 6.07) is 12.1. The minimum Gasteiger partial charge on any atom is -0.378 e. The van der Waals surface area contributed by atoms with Crippen molar-refractivity contribution >= 4 is 29.4 Å². The zero-order valence-corrected chi connectivity index (χ0v) is 17.7. The van der Waals surface area contributed by atoms with E-state index < -0.39 is 0 Å². The molecule has 32 heavy (non-hydrogen) atoms. The van der Waals surface area contributed by atoms with E-state index in [0.717, 1.165) is 50.8 Å². The summed E-state index contributed by atoms with van der Waals surface area (Å²) in [5, 5.41) is 3.19. The molecule has 0 bridgehead atoms. The molecule has 1 N–H and O–H groups in total. The molecule has 0 atom stereocenters. The Bertz CT molecular complexity index is 1020. The number of hydrogen-bond acceptors (Lipinski definition) is 9. The number of morpholine rings is 1. The Morgan fingerprint density at radius 2 is 1.41 bits per heavy atom. The van der Waals surface area contributed by atoms with Crippen molar-refractivity contribution in [3.8, 4) is 0 Å². The minimum atomic E-state index is -0.285. The van der Waals surface area contributed by atoms with E-state index in [1.807, 2.05) is 24.4 Å². The van der Waals surface area contributed by atoms with Gasteiger partial charge in [-0.25, -0.2) is 9.37 Å². The molecule has 0 spiro atoms. The molecule has 5 rings (SSSR count). The highest BCUT2D eigenvalue weighted by molar-refractivity contribution is 5.56. The summed E-state index contributed by atoms with van der Waals surface area (Å²) in [5.74, 6) is 2.39. The van der Waals surface area contributed by atoms with Gasteiger partial charge in [0, 0.05) is 51.2 Å². The van der Waals surface area contributed by atoms with Crippen molar-refractivity contribution in [1.82, 2.24) is 19.9 Å². The van der Waals surface area contributed by atoms with Crippen molar-refractivity contribution in [2.75, 3.05) is 72.5 Å². The van der Waals surface area contributed by atoms with Crippen LogP contribution in [-0.4, -0.2) is 72.4 Å². The van der Waals surface area contributed by atoms with E-state index >= 15 is 0 Å². The number of aromatic nitrogens is 4. The second-order valence-corrected chi connectivity index (χ2v) is 7.65. The van der Waals surface area contributed by atoms with Crippen LogP contribution in [-0.2, 0) is 4.74 Å². The molecular weight excluding hydrogens is 411 g/mol. The average Bonchev–Trinajstić information content (AvgIpc) is 2.86. The van der Waals surface area contributed by atoms with Gasteiger partial charge in [0.05, 0.1) is 13.2 Å². The maximum Gasteiger partial charge on any atom is 0.233 e. The number of ether oxygens (including phenoxy) is 1. The van der Waals surface area contributed by atoms with E-state index in [1.54, 1.807) is 12.1 Å². The molecule has 3 aromatic rings. The van der Waals surface area contributed by atoms with Gasteiger partial charge in [0.15, 0.2) is 0 Å². The molecule has 2 aliphatic rings. The highest BCUT2D eigenvalue weighted by Crippen LogP contribution is 2.22. The van der Waals surface area contributed by atoms with E-state index in [4.69, 9.17) is 9.72 Å². The van der Waals surface area contributed by atoms with Gasteiger partial charge in [-0.15, -0.1) is 0 Å². The van der Waals surface area contributed by atoms with Crippen LogP contribution in [0.1, 0.15) is 0 Å². The minimum absolute atomic E-state index is 0.285. The predicted molar refractivity (Wildman–Crippen MR) is 121 cm³/mol. The maximum atomic E-state index is 13.3. The lowest BCUT2D eigenvalue weighted by molar-refractivity contribution is 0.122. The van der Waals surface area contributed by atoms with E-state index in [-0.39, 0.29) is 5.82 Å². The molecule has 2 aliphatic heterocycles. The molecule has 9 nitrogen and oxygen atoms in total. The van der Waals surface area contributed by atoms with Crippen LogP contribution in [0.2, 0.25) is 0 Å². The van der Waals surface area contributed by atoms with Gasteiger partial charge < -0.3 is 24.8 Å². The molecule has 1 aromatic carbocycles. The first-order valence-electron chi connectivity index (χ1n) is 10.8. The van der Waals surface area contributed by atoms with E-state index in [0.29, 0.717) is 31.1 Å². The van der Waals surface area contributed by atoms with Crippen molar-refractivity contribution in [1.29, 1.82) is 0 Å². The van der Waals surface area contributed by atoms with E-state index in [9.17, 15) is 4.39 Å². The number of pyridine rings is 1. The smallest absolute Gasteiger partial charge is 0.233 e. The zero-order valence-electron chi connectivity index (χ0n) is 17.7. The highest BCUT2D eigenvalue weighted by Gasteiger charge is 2.23. The number of halogens is 1. The Morgan fingerprint density at radius 3 is 2.06 bits per heavy atom. The zero-order chi connectivity index (χ0) is 21.8. The first-order chi connectivity index (χ1) is 15.7. The standard InChI is InChI=1S/C22H25FN8O/c23-17-4-6-18(7-5-17)25-20-26-21(28-22(27-20)31-13-15-32-16-14-31)30-11-9-29(10-12-30)19-3-1-2-8-24-19/h1-8H,9-16H2,(H,25,26,27,28). The fraction of sp³-hybridized carbons (Fsp3) is 0.364. The lowest BCUT2D eigenvalue weighted by Crippen LogP contribution is -2.47. The summed E-state index contributed by atoms with van der Waals surface area (Å²) >= 11 is 0. The molecule has 166 valence electrons. The number of anilines is 5. The van der Waals surface area contributed by atoms with Crippen LogP contribution in [0.4, 0.5) is 33.7 Å². The second-order valence-electron chi connectivity index (χ2n) is 7.65. The normalized spacial score (nSPS) is 16.8. The molecule has 2 aromatic heterocycles. The van der Waals surface area contributed by atoms with Crippen LogP contribution in [0.5, 0.6) is 0 Å². The van der Waals surface area contributed by atoms with Gasteiger partial charge in [0.2, 0.25) is 17.8 Å². The molecule has 4 heterocycles. The maximum absolute atomic E-state index is 13.3. The third-order valence-corrected chi connectivity index (χ3v) is 5.54. The molecule has 10 heteroatoms. The number of benzene rings is 1. The Kier molecular flexibility index (Phi) is 5.93. The quantitative estimate of drug-likeness (QED) is 0.648. The number of rotatable bonds is 5. The van der Waals surface area contributed by atoms with Gasteiger partial charge in [-0.3, -0.25) is 0 Å². The third-order valence-electron chi connectivity index (χ3n) is 5.54. The topological polar surface area (TPSA) is 82.5 Å². The molecule has 0 radical (unpaired) electrons.